The minimum Gasteiger partial charge on any atom is -0.480 e. The van der Waals surface area contributed by atoms with Gasteiger partial charge in [0.25, 0.3) is 0 Å². The third-order valence-corrected chi connectivity index (χ3v) is 11.1. The fraction of sp³-hybridized carbons (Fsp3) is 0.673. The predicted octanol–water partition coefficient (Wildman–Crippen LogP) is 13.4. The van der Waals surface area contributed by atoms with Crippen LogP contribution in [0.4, 0.5) is 0 Å². The monoisotopic (exact) mass is 918 g/mol. The molecular weight excluding hydrogens is 830 g/mol. The van der Waals surface area contributed by atoms with Crippen LogP contribution in [-0.2, 0) is 32.7 Å². The number of carboxylic acids is 1. The quantitative estimate of drug-likeness (QED) is 0.0200. The standard InChI is InChI=1S/C52H88NO10P/c1-3-5-7-9-11-13-15-17-19-21-23-24-26-28-30-32-34-36-38-40-42-44-51(56)61-45-48(54)46-62-64(59,60)63-47-49(52(57)58)53-50(55)43-41-39-37-35-33-31-29-27-25-22-20-18-16-14-12-10-8-6-4-2/h5,7,11,13,17-20,23-24,28,30,34,36,48-49,54H,3-4,6,8-10,12,14-16,21-22,25-27,29,31-33,35,37-47H2,1-2H3,(H,53,55)(H,57,58)(H,59,60)/b7-5-,13-11-,19-17-,20-18+,24-23-,30-28-,36-34-. The molecule has 0 bridgehead atoms. The highest BCUT2D eigenvalue weighted by Gasteiger charge is 2.28. The van der Waals surface area contributed by atoms with E-state index in [1.165, 1.54) is 77.0 Å². The molecule has 0 aromatic carbocycles. The first-order chi connectivity index (χ1) is 31.1. The van der Waals surface area contributed by atoms with Gasteiger partial charge in [-0.2, -0.15) is 0 Å². The molecule has 0 aliphatic carbocycles. The SMILES string of the molecule is CC/C=C\C/C=C\C/C=C\C/C=C\C/C=C\C/C=C\CCCCC(=O)OCC(O)COP(=O)(O)OCC(NC(=O)CCCCCCCCCCC/C=C/CCCCCCCC)C(=O)O. The van der Waals surface area contributed by atoms with Gasteiger partial charge in [-0.1, -0.05) is 176 Å². The second kappa shape index (κ2) is 46.2. The summed E-state index contributed by atoms with van der Waals surface area (Å²) in [6.07, 6.45) is 57.5. The Morgan fingerprint density at radius 2 is 0.906 bits per heavy atom. The minimum absolute atomic E-state index is 0.137. The molecule has 1 amide bonds. The van der Waals surface area contributed by atoms with E-state index in [9.17, 15) is 34.1 Å². The average molecular weight is 918 g/mol. The Bertz CT molecular complexity index is 1400. The van der Waals surface area contributed by atoms with E-state index < -0.39 is 57.6 Å². The number of carbonyl (C=O) groups excluding carboxylic acids is 2. The van der Waals surface area contributed by atoms with Crippen molar-refractivity contribution in [2.45, 2.75) is 206 Å². The zero-order valence-corrected chi connectivity index (χ0v) is 40.7. The molecule has 0 aliphatic heterocycles. The van der Waals surface area contributed by atoms with Crippen LogP contribution in [0.2, 0.25) is 0 Å². The van der Waals surface area contributed by atoms with Crippen LogP contribution in [0.1, 0.15) is 194 Å². The number of phosphoric ester groups is 1. The van der Waals surface area contributed by atoms with Gasteiger partial charge in [-0.3, -0.25) is 18.6 Å². The molecule has 0 aliphatic rings. The van der Waals surface area contributed by atoms with E-state index in [0.717, 1.165) is 77.0 Å². The first kappa shape index (κ1) is 60.7. The number of aliphatic hydroxyl groups excluding tert-OH is 1. The number of amides is 1. The molecule has 0 aromatic heterocycles. The summed E-state index contributed by atoms with van der Waals surface area (Å²) in [5.41, 5.74) is 0. The lowest BCUT2D eigenvalue weighted by Crippen LogP contribution is -2.43. The van der Waals surface area contributed by atoms with Gasteiger partial charge in [-0.05, 0) is 89.9 Å². The first-order valence-electron chi connectivity index (χ1n) is 24.6. The summed E-state index contributed by atoms with van der Waals surface area (Å²) in [6.45, 7) is 2.44. The van der Waals surface area contributed by atoms with Crippen LogP contribution in [0.5, 0.6) is 0 Å². The van der Waals surface area contributed by atoms with Gasteiger partial charge in [0.1, 0.15) is 12.7 Å². The molecule has 0 heterocycles. The van der Waals surface area contributed by atoms with Crippen LogP contribution in [-0.4, -0.2) is 64.9 Å². The molecule has 12 heteroatoms. The molecule has 0 saturated heterocycles. The average Bonchev–Trinajstić information content (AvgIpc) is 3.27. The second-order valence-corrected chi connectivity index (χ2v) is 17.7. The molecule has 0 spiro atoms. The van der Waals surface area contributed by atoms with Crippen LogP contribution >= 0.6 is 7.82 Å². The van der Waals surface area contributed by atoms with Crippen molar-refractivity contribution in [3.05, 3.63) is 85.1 Å². The van der Waals surface area contributed by atoms with Crippen LogP contribution < -0.4 is 5.32 Å². The van der Waals surface area contributed by atoms with E-state index in [2.05, 4.69) is 104 Å². The number of allylic oxidation sites excluding steroid dienone is 14. The molecule has 64 heavy (non-hydrogen) atoms. The number of hydrogen-bond donors (Lipinski definition) is 4. The van der Waals surface area contributed by atoms with Crippen molar-refractivity contribution in [3.8, 4) is 0 Å². The third-order valence-electron chi connectivity index (χ3n) is 10.2. The summed E-state index contributed by atoms with van der Waals surface area (Å²) >= 11 is 0. The lowest BCUT2D eigenvalue weighted by molar-refractivity contribution is -0.147. The van der Waals surface area contributed by atoms with E-state index in [1.807, 2.05) is 0 Å². The molecule has 4 N–H and O–H groups in total. The van der Waals surface area contributed by atoms with E-state index in [-0.39, 0.29) is 12.8 Å². The Morgan fingerprint density at radius 3 is 1.39 bits per heavy atom. The Kier molecular flexibility index (Phi) is 43.8. The van der Waals surface area contributed by atoms with Crippen molar-refractivity contribution in [2.75, 3.05) is 19.8 Å². The van der Waals surface area contributed by atoms with Crippen LogP contribution in [0.25, 0.3) is 0 Å². The molecule has 3 atom stereocenters. The van der Waals surface area contributed by atoms with E-state index in [1.54, 1.807) is 0 Å². The van der Waals surface area contributed by atoms with Crippen molar-refractivity contribution in [1.82, 2.24) is 5.32 Å². The van der Waals surface area contributed by atoms with Gasteiger partial charge >= 0.3 is 19.8 Å². The van der Waals surface area contributed by atoms with Gasteiger partial charge in [0.15, 0.2) is 6.04 Å². The number of hydrogen-bond acceptors (Lipinski definition) is 8. The topological polar surface area (TPSA) is 169 Å². The highest BCUT2D eigenvalue weighted by molar-refractivity contribution is 7.47. The van der Waals surface area contributed by atoms with E-state index >= 15 is 0 Å². The number of carbonyl (C=O) groups is 3. The van der Waals surface area contributed by atoms with Crippen molar-refractivity contribution < 1.29 is 47.8 Å². The Balaban J connectivity index is 3.93. The van der Waals surface area contributed by atoms with Gasteiger partial charge in [0, 0.05) is 12.8 Å². The number of phosphoric acid groups is 1. The smallest absolute Gasteiger partial charge is 0.472 e. The number of esters is 1. The number of aliphatic hydroxyl groups is 1. The highest BCUT2D eigenvalue weighted by atomic mass is 31.2. The minimum atomic E-state index is -4.78. The largest absolute Gasteiger partial charge is 0.480 e. The summed E-state index contributed by atoms with van der Waals surface area (Å²) in [5.74, 6) is -2.43. The molecule has 3 unspecified atom stereocenters. The number of aliphatic carboxylic acids is 1. The highest BCUT2D eigenvalue weighted by Crippen LogP contribution is 2.43. The lowest BCUT2D eigenvalue weighted by atomic mass is 10.1. The zero-order valence-electron chi connectivity index (χ0n) is 39.8. The number of nitrogens with one attached hydrogen (secondary N) is 1. The summed E-state index contributed by atoms with van der Waals surface area (Å²) in [5, 5.41) is 21.9. The summed E-state index contributed by atoms with van der Waals surface area (Å²) in [7, 11) is -4.78. The summed E-state index contributed by atoms with van der Waals surface area (Å²) < 4.78 is 26.9. The van der Waals surface area contributed by atoms with Crippen molar-refractivity contribution >= 4 is 25.7 Å². The fourth-order valence-electron chi connectivity index (χ4n) is 6.37. The molecular formula is C52H88NO10P. The lowest BCUT2D eigenvalue weighted by Gasteiger charge is -2.18. The number of ether oxygens (including phenoxy) is 1. The summed E-state index contributed by atoms with van der Waals surface area (Å²) in [6, 6.07) is -1.56. The van der Waals surface area contributed by atoms with Gasteiger partial charge in [-0.15, -0.1) is 0 Å². The first-order valence-corrected chi connectivity index (χ1v) is 26.1. The van der Waals surface area contributed by atoms with Crippen LogP contribution in [0.15, 0.2) is 85.1 Å². The van der Waals surface area contributed by atoms with Crippen molar-refractivity contribution in [2.24, 2.45) is 0 Å². The maximum Gasteiger partial charge on any atom is 0.472 e. The second-order valence-electron chi connectivity index (χ2n) is 16.3. The van der Waals surface area contributed by atoms with Crippen LogP contribution in [0, 0.1) is 0 Å². The maximum absolute atomic E-state index is 12.4. The van der Waals surface area contributed by atoms with Crippen LogP contribution in [0.3, 0.4) is 0 Å². The maximum atomic E-state index is 12.4. The molecule has 0 saturated carbocycles. The van der Waals surface area contributed by atoms with Gasteiger partial charge in [0.05, 0.1) is 13.2 Å². The van der Waals surface area contributed by atoms with E-state index in [0.29, 0.717) is 12.8 Å². The van der Waals surface area contributed by atoms with Gasteiger partial charge in [-0.25, -0.2) is 9.36 Å². The molecule has 11 nitrogen and oxygen atoms in total. The Hall–Kier alpha value is -3.34. The number of rotatable bonds is 45. The number of unbranched alkanes of at least 4 members (excludes halogenated alkanes) is 17. The normalized spacial score (nSPS) is 14.3. The van der Waals surface area contributed by atoms with E-state index in [4.69, 9.17) is 13.8 Å². The Morgan fingerprint density at radius 1 is 0.516 bits per heavy atom. The molecule has 0 radical (unpaired) electrons. The molecule has 366 valence electrons. The molecule has 0 fully saturated rings. The van der Waals surface area contributed by atoms with Crippen molar-refractivity contribution in [3.63, 3.8) is 0 Å². The fourth-order valence-corrected chi connectivity index (χ4v) is 7.14. The Labute approximate surface area is 388 Å². The van der Waals surface area contributed by atoms with Gasteiger partial charge < -0.3 is 25.2 Å². The molecule has 0 aromatic rings. The zero-order chi connectivity index (χ0) is 47.0. The van der Waals surface area contributed by atoms with Gasteiger partial charge in [0.2, 0.25) is 5.91 Å². The third kappa shape index (κ3) is 45.2. The summed E-state index contributed by atoms with van der Waals surface area (Å²) in [4.78, 5) is 46.1. The number of carboxylic acid groups (broad SMARTS) is 1. The molecule has 0 rings (SSSR count). The van der Waals surface area contributed by atoms with Crippen molar-refractivity contribution in [1.29, 1.82) is 0 Å². The predicted molar refractivity (Wildman–Crippen MR) is 263 cm³/mol.